The Kier molecular flexibility index (Phi) is 6.21. The fourth-order valence-corrected chi connectivity index (χ4v) is 3.85. The molecule has 0 spiro atoms. The van der Waals surface area contributed by atoms with Gasteiger partial charge in [0, 0.05) is 11.0 Å². The Balaban J connectivity index is 2.50. The van der Waals surface area contributed by atoms with Gasteiger partial charge in [-0.3, -0.25) is 4.79 Å². The van der Waals surface area contributed by atoms with E-state index in [-0.39, 0.29) is 17.8 Å². The Morgan fingerprint density at radius 2 is 2.19 bits per heavy atom. The van der Waals surface area contributed by atoms with Crippen molar-refractivity contribution in [3.63, 3.8) is 0 Å². The predicted octanol–water partition coefficient (Wildman–Crippen LogP) is 2.38. The maximum absolute atomic E-state index is 11.1. The topological polar surface area (TPSA) is 57.5 Å². The summed E-state index contributed by atoms with van der Waals surface area (Å²) in [4.78, 5) is 11.1. The SMILES string of the molecule is CCCC1CCC(C(=O)O)C(SCCO)C1. The molecule has 3 nitrogen and oxygen atoms in total. The highest BCUT2D eigenvalue weighted by Gasteiger charge is 2.34. The average molecular weight is 246 g/mol. The van der Waals surface area contributed by atoms with Crippen molar-refractivity contribution in [2.75, 3.05) is 12.4 Å². The molecule has 1 rings (SSSR count). The van der Waals surface area contributed by atoms with Crippen molar-refractivity contribution in [2.24, 2.45) is 11.8 Å². The van der Waals surface area contributed by atoms with Crippen molar-refractivity contribution in [1.29, 1.82) is 0 Å². The molecule has 0 aromatic rings. The van der Waals surface area contributed by atoms with E-state index in [2.05, 4.69) is 6.92 Å². The molecule has 1 fully saturated rings. The van der Waals surface area contributed by atoms with Gasteiger partial charge in [-0.05, 0) is 25.2 Å². The maximum Gasteiger partial charge on any atom is 0.307 e. The quantitative estimate of drug-likeness (QED) is 0.755. The summed E-state index contributed by atoms with van der Waals surface area (Å²) in [5.74, 6) is 0.486. The van der Waals surface area contributed by atoms with Crippen LogP contribution >= 0.6 is 11.8 Å². The molecule has 0 amide bonds. The number of carboxylic acid groups (broad SMARTS) is 1. The summed E-state index contributed by atoms with van der Waals surface area (Å²) in [6, 6.07) is 0. The molecule has 3 unspecified atom stereocenters. The molecule has 94 valence electrons. The van der Waals surface area contributed by atoms with Crippen molar-refractivity contribution < 1.29 is 15.0 Å². The summed E-state index contributed by atoms with van der Waals surface area (Å²) in [6.07, 6.45) is 5.27. The molecule has 3 atom stereocenters. The van der Waals surface area contributed by atoms with Crippen LogP contribution in [0, 0.1) is 11.8 Å². The Morgan fingerprint density at radius 3 is 2.75 bits per heavy atom. The third kappa shape index (κ3) is 3.98. The van der Waals surface area contributed by atoms with E-state index in [0.29, 0.717) is 11.7 Å². The van der Waals surface area contributed by atoms with E-state index in [4.69, 9.17) is 10.2 Å². The van der Waals surface area contributed by atoms with Gasteiger partial charge in [0.25, 0.3) is 0 Å². The maximum atomic E-state index is 11.1. The predicted molar refractivity (Wildman–Crippen MR) is 66.7 cm³/mol. The number of carboxylic acids is 1. The summed E-state index contributed by atoms with van der Waals surface area (Å²) in [7, 11) is 0. The van der Waals surface area contributed by atoms with Gasteiger partial charge < -0.3 is 10.2 Å². The fraction of sp³-hybridized carbons (Fsp3) is 0.917. The van der Waals surface area contributed by atoms with Crippen LogP contribution in [0.4, 0.5) is 0 Å². The lowest BCUT2D eigenvalue weighted by Crippen LogP contribution is -2.33. The second kappa shape index (κ2) is 7.17. The monoisotopic (exact) mass is 246 g/mol. The van der Waals surface area contributed by atoms with Crippen molar-refractivity contribution in [3.05, 3.63) is 0 Å². The molecule has 0 saturated heterocycles. The Labute approximate surface area is 102 Å². The fourth-order valence-electron chi connectivity index (χ4n) is 2.55. The van der Waals surface area contributed by atoms with Crippen molar-refractivity contribution in [3.8, 4) is 0 Å². The second-order valence-electron chi connectivity index (χ2n) is 4.55. The summed E-state index contributed by atoms with van der Waals surface area (Å²) in [5, 5.41) is 18.2. The van der Waals surface area contributed by atoms with Crippen molar-refractivity contribution >= 4 is 17.7 Å². The van der Waals surface area contributed by atoms with E-state index in [0.717, 1.165) is 19.3 Å². The van der Waals surface area contributed by atoms with Crippen LogP contribution in [0.5, 0.6) is 0 Å². The number of hydrogen-bond donors (Lipinski definition) is 2. The van der Waals surface area contributed by atoms with Gasteiger partial charge >= 0.3 is 5.97 Å². The van der Waals surface area contributed by atoms with E-state index in [1.54, 1.807) is 11.8 Å². The molecule has 4 heteroatoms. The van der Waals surface area contributed by atoms with Gasteiger partial charge in [-0.25, -0.2) is 0 Å². The molecule has 1 aliphatic carbocycles. The standard InChI is InChI=1S/C12H22O3S/c1-2-3-9-4-5-10(12(14)15)11(8-9)16-7-6-13/h9-11,13H,2-8H2,1H3,(H,14,15). The normalized spacial score (nSPS) is 30.2. The highest BCUT2D eigenvalue weighted by molar-refractivity contribution is 7.99. The zero-order chi connectivity index (χ0) is 12.0. The van der Waals surface area contributed by atoms with Crippen LogP contribution in [-0.4, -0.2) is 33.8 Å². The van der Waals surface area contributed by atoms with E-state index < -0.39 is 5.97 Å². The number of rotatable bonds is 6. The summed E-state index contributed by atoms with van der Waals surface area (Å²) < 4.78 is 0. The first kappa shape index (κ1) is 13.8. The third-order valence-corrected chi connectivity index (χ3v) is 4.71. The Bertz CT molecular complexity index is 220. The van der Waals surface area contributed by atoms with Gasteiger partial charge in [-0.1, -0.05) is 19.8 Å². The second-order valence-corrected chi connectivity index (χ2v) is 5.89. The highest BCUT2D eigenvalue weighted by atomic mass is 32.2. The smallest absolute Gasteiger partial charge is 0.307 e. The molecule has 1 saturated carbocycles. The van der Waals surface area contributed by atoms with E-state index in [1.165, 1.54) is 12.8 Å². The largest absolute Gasteiger partial charge is 0.481 e. The minimum absolute atomic E-state index is 0.145. The molecule has 0 aromatic carbocycles. The number of thioether (sulfide) groups is 1. The van der Waals surface area contributed by atoms with Crippen LogP contribution in [-0.2, 0) is 4.79 Å². The van der Waals surface area contributed by atoms with Gasteiger partial charge in [-0.2, -0.15) is 11.8 Å². The summed E-state index contributed by atoms with van der Waals surface area (Å²) in [5.41, 5.74) is 0. The summed E-state index contributed by atoms with van der Waals surface area (Å²) in [6.45, 7) is 2.32. The van der Waals surface area contributed by atoms with E-state index in [9.17, 15) is 4.79 Å². The van der Waals surface area contributed by atoms with Crippen LogP contribution in [0.15, 0.2) is 0 Å². The zero-order valence-electron chi connectivity index (χ0n) is 9.89. The summed E-state index contributed by atoms with van der Waals surface area (Å²) >= 11 is 1.63. The number of aliphatic hydroxyl groups excluding tert-OH is 1. The highest BCUT2D eigenvalue weighted by Crippen LogP contribution is 2.38. The molecule has 0 aromatic heterocycles. The third-order valence-electron chi connectivity index (χ3n) is 3.34. The molecular formula is C12H22O3S. The lowest BCUT2D eigenvalue weighted by atomic mass is 9.80. The van der Waals surface area contributed by atoms with Gasteiger partial charge in [0.1, 0.15) is 0 Å². The molecule has 0 radical (unpaired) electrons. The Hall–Kier alpha value is -0.220. The lowest BCUT2D eigenvalue weighted by molar-refractivity contribution is -0.142. The van der Waals surface area contributed by atoms with Crippen LogP contribution in [0.2, 0.25) is 0 Å². The zero-order valence-corrected chi connectivity index (χ0v) is 10.7. The molecule has 0 bridgehead atoms. The average Bonchev–Trinajstić information content (AvgIpc) is 2.26. The van der Waals surface area contributed by atoms with Crippen molar-refractivity contribution in [1.82, 2.24) is 0 Å². The number of aliphatic hydroxyl groups is 1. The first-order valence-corrected chi connectivity index (χ1v) is 7.19. The van der Waals surface area contributed by atoms with Gasteiger partial charge in [-0.15, -0.1) is 0 Å². The number of aliphatic carboxylic acids is 1. The number of hydrogen-bond acceptors (Lipinski definition) is 3. The van der Waals surface area contributed by atoms with Gasteiger partial charge in [0.05, 0.1) is 12.5 Å². The van der Waals surface area contributed by atoms with Gasteiger partial charge in [0.2, 0.25) is 0 Å². The number of carbonyl (C=O) groups is 1. The minimum Gasteiger partial charge on any atom is -0.481 e. The van der Waals surface area contributed by atoms with Gasteiger partial charge in [0.15, 0.2) is 0 Å². The van der Waals surface area contributed by atoms with Crippen LogP contribution < -0.4 is 0 Å². The van der Waals surface area contributed by atoms with E-state index in [1.807, 2.05) is 0 Å². The first-order chi connectivity index (χ1) is 7.69. The van der Waals surface area contributed by atoms with Crippen LogP contribution in [0.3, 0.4) is 0 Å². The van der Waals surface area contributed by atoms with E-state index >= 15 is 0 Å². The molecule has 0 aliphatic heterocycles. The Morgan fingerprint density at radius 1 is 1.44 bits per heavy atom. The van der Waals surface area contributed by atoms with Crippen molar-refractivity contribution in [2.45, 2.75) is 44.3 Å². The molecule has 16 heavy (non-hydrogen) atoms. The molecule has 0 heterocycles. The molecule has 2 N–H and O–H groups in total. The van der Waals surface area contributed by atoms with Crippen LogP contribution in [0.1, 0.15) is 39.0 Å². The first-order valence-electron chi connectivity index (χ1n) is 6.14. The minimum atomic E-state index is -0.662. The molecular weight excluding hydrogens is 224 g/mol. The molecule has 1 aliphatic rings. The lowest BCUT2D eigenvalue weighted by Gasteiger charge is -2.33. The van der Waals surface area contributed by atoms with Crippen LogP contribution in [0.25, 0.3) is 0 Å².